The molecule has 3 atom stereocenters. The SMILES string of the molecule is COC(=O)C(=O)NC1C2(C)CCC(C2)C1(C)C. The molecule has 3 unspecified atom stereocenters. The van der Waals surface area contributed by atoms with Gasteiger partial charge in [0.25, 0.3) is 0 Å². The maximum atomic E-state index is 11.7. The summed E-state index contributed by atoms with van der Waals surface area (Å²) in [6.45, 7) is 6.58. The largest absolute Gasteiger partial charge is 0.462 e. The third-order valence-corrected chi connectivity index (χ3v) is 4.92. The van der Waals surface area contributed by atoms with Gasteiger partial charge in [0.15, 0.2) is 0 Å². The van der Waals surface area contributed by atoms with Crippen LogP contribution in [-0.4, -0.2) is 25.0 Å². The fourth-order valence-corrected chi connectivity index (χ4v) is 3.94. The van der Waals surface area contributed by atoms with Gasteiger partial charge >= 0.3 is 11.9 Å². The van der Waals surface area contributed by atoms with Gasteiger partial charge in [0, 0.05) is 6.04 Å². The van der Waals surface area contributed by atoms with Crippen molar-refractivity contribution in [2.45, 2.75) is 46.1 Å². The molecule has 0 aromatic heterocycles. The highest BCUT2D eigenvalue weighted by atomic mass is 16.5. The molecule has 0 saturated heterocycles. The van der Waals surface area contributed by atoms with E-state index in [1.54, 1.807) is 0 Å². The van der Waals surface area contributed by atoms with E-state index in [2.05, 4.69) is 30.8 Å². The number of hydrogen-bond acceptors (Lipinski definition) is 3. The molecule has 2 fully saturated rings. The van der Waals surface area contributed by atoms with Crippen LogP contribution in [0.5, 0.6) is 0 Å². The average molecular weight is 239 g/mol. The zero-order valence-electron chi connectivity index (χ0n) is 11.0. The van der Waals surface area contributed by atoms with Gasteiger partial charge in [-0.1, -0.05) is 20.8 Å². The van der Waals surface area contributed by atoms with Crippen molar-refractivity contribution in [3.63, 3.8) is 0 Å². The van der Waals surface area contributed by atoms with Gasteiger partial charge in [-0.2, -0.15) is 0 Å². The van der Waals surface area contributed by atoms with Crippen LogP contribution in [0.25, 0.3) is 0 Å². The van der Waals surface area contributed by atoms with E-state index in [0.717, 1.165) is 12.8 Å². The summed E-state index contributed by atoms with van der Waals surface area (Å²) in [5, 5.41) is 2.88. The number of fused-ring (bicyclic) bond motifs is 2. The molecule has 0 aromatic carbocycles. The van der Waals surface area contributed by atoms with Crippen LogP contribution in [0.15, 0.2) is 0 Å². The van der Waals surface area contributed by atoms with Crippen molar-refractivity contribution in [1.29, 1.82) is 0 Å². The molecule has 2 aliphatic rings. The highest BCUT2D eigenvalue weighted by Crippen LogP contribution is 2.62. The van der Waals surface area contributed by atoms with E-state index < -0.39 is 11.9 Å². The van der Waals surface area contributed by atoms with Gasteiger partial charge in [0.2, 0.25) is 0 Å². The standard InChI is InChI=1S/C13H21NO3/c1-12(2)8-5-6-13(3,7-8)11(12)14-9(15)10(16)17-4/h8,11H,5-7H2,1-4H3,(H,14,15). The van der Waals surface area contributed by atoms with Crippen molar-refractivity contribution in [2.75, 3.05) is 7.11 Å². The third kappa shape index (κ3) is 1.74. The Morgan fingerprint density at radius 2 is 1.94 bits per heavy atom. The molecule has 96 valence electrons. The Morgan fingerprint density at radius 1 is 1.29 bits per heavy atom. The number of rotatable bonds is 1. The molecule has 1 N–H and O–H groups in total. The second-order valence-electron chi connectivity index (χ2n) is 6.31. The van der Waals surface area contributed by atoms with Crippen molar-refractivity contribution in [3.8, 4) is 0 Å². The van der Waals surface area contributed by atoms with E-state index in [1.165, 1.54) is 13.5 Å². The summed E-state index contributed by atoms with van der Waals surface area (Å²) in [5.41, 5.74) is 0.203. The minimum absolute atomic E-state index is 0.0662. The molecule has 2 saturated carbocycles. The van der Waals surface area contributed by atoms with Crippen LogP contribution in [0.1, 0.15) is 40.0 Å². The van der Waals surface area contributed by atoms with E-state index in [4.69, 9.17) is 0 Å². The van der Waals surface area contributed by atoms with Gasteiger partial charge < -0.3 is 10.1 Å². The van der Waals surface area contributed by atoms with Gasteiger partial charge in [-0.3, -0.25) is 4.79 Å². The van der Waals surface area contributed by atoms with Crippen LogP contribution < -0.4 is 5.32 Å². The Kier molecular flexibility index (Phi) is 2.71. The lowest BCUT2D eigenvalue weighted by molar-refractivity contribution is -0.153. The Hall–Kier alpha value is -1.06. The maximum absolute atomic E-state index is 11.7. The second-order valence-corrected chi connectivity index (χ2v) is 6.31. The monoisotopic (exact) mass is 239 g/mol. The quantitative estimate of drug-likeness (QED) is 0.557. The third-order valence-electron chi connectivity index (χ3n) is 4.92. The summed E-state index contributed by atoms with van der Waals surface area (Å²) in [5.74, 6) is -0.762. The van der Waals surface area contributed by atoms with Crippen LogP contribution in [-0.2, 0) is 14.3 Å². The molecule has 4 nitrogen and oxygen atoms in total. The van der Waals surface area contributed by atoms with Crippen molar-refractivity contribution in [1.82, 2.24) is 5.32 Å². The summed E-state index contributed by atoms with van der Waals surface area (Å²) in [6, 6.07) is 0.0698. The highest BCUT2D eigenvalue weighted by Gasteiger charge is 2.59. The lowest BCUT2D eigenvalue weighted by atomic mass is 9.68. The van der Waals surface area contributed by atoms with Crippen LogP contribution in [0.4, 0.5) is 0 Å². The molecule has 2 bridgehead atoms. The van der Waals surface area contributed by atoms with Gasteiger partial charge in [-0.05, 0) is 36.0 Å². The van der Waals surface area contributed by atoms with Gasteiger partial charge in [-0.15, -0.1) is 0 Å². The molecule has 2 rings (SSSR count). The number of carbonyl (C=O) groups excluding carboxylic acids is 2. The van der Waals surface area contributed by atoms with Crippen LogP contribution in [0, 0.1) is 16.7 Å². The molecule has 1 amide bonds. The lowest BCUT2D eigenvalue weighted by Gasteiger charge is -2.42. The fourth-order valence-electron chi connectivity index (χ4n) is 3.94. The van der Waals surface area contributed by atoms with Crippen LogP contribution in [0.3, 0.4) is 0 Å². The zero-order valence-corrected chi connectivity index (χ0v) is 11.0. The first-order valence-electron chi connectivity index (χ1n) is 6.20. The number of hydrogen-bond donors (Lipinski definition) is 1. The van der Waals surface area contributed by atoms with E-state index in [9.17, 15) is 9.59 Å². The second kappa shape index (κ2) is 3.72. The van der Waals surface area contributed by atoms with E-state index in [1.807, 2.05) is 0 Å². The van der Waals surface area contributed by atoms with E-state index >= 15 is 0 Å². The van der Waals surface area contributed by atoms with Crippen molar-refractivity contribution < 1.29 is 14.3 Å². The molecule has 0 radical (unpaired) electrons. The molecule has 0 spiro atoms. The summed E-state index contributed by atoms with van der Waals surface area (Å²) < 4.78 is 4.45. The first kappa shape index (κ1) is 12.4. The van der Waals surface area contributed by atoms with Gasteiger partial charge in [-0.25, -0.2) is 4.79 Å². The Morgan fingerprint density at radius 3 is 2.41 bits per heavy atom. The normalized spacial score (nSPS) is 37.9. The number of carbonyl (C=O) groups is 2. The molecule has 0 aliphatic heterocycles. The predicted molar refractivity (Wildman–Crippen MR) is 63.2 cm³/mol. The van der Waals surface area contributed by atoms with E-state index in [0.29, 0.717) is 5.92 Å². The summed E-state index contributed by atoms with van der Waals surface area (Å²) in [6.07, 6.45) is 3.51. The molecule has 0 aromatic rings. The lowest BCUT2D eigenvalue weighted by Crippen LogP contribution is -2.54. The molecule has 17 heavy (non-hydrogen) atoms. The zero-order chi connectivity index (χ0) is 12.8. The first-order valence-corrected chi connectivity index (χ1v) is 6.20. The molecule has 0 heterocycles. The van der Waals surface area contributed by atoms with E-state index in [-0.39, 0.29) is 16.9 Å². The minimum atomic E-state index is -0.799. The van der Waals surface area contributed by atoms with Crippen molar-refractivity contribution in [3.05, 3.63) is 0 Å². The summed E-state index contributed by atoms with van der Waals surface area (Å²) >= 11 is 0. The summed E-state index contributed by atoms with van der Waals surface area (Å²) in [7, 11) is 1.23. The number of nitrogens with one attached hydrogen (secondary N) is 1. The molecule has 4 heteroatoms. The first-order chi connectivity index (χ1) is 7.81. The number of ether oxygens (including phenoxy) is 1. The minimum Gasteiger partial charge on any atom is -0.462 e. The molecular weight excluding hydrogens is 218 g/mol. The topological polar surface area (TPSA) is 55.4 Å². The van der Waals surface area contributed by atoms with Gasteiger partial charge in [0.1, 0.15) is 0 Å². The molecule has 2 aliphatic carbocycles. The Bertz CT molecular complexity index is 359. The Balaban J connectivity index is 2.15. The number of methoxy groups -OCH3 is 1. The number of amides is 1. The average Bonchev–Trinajstić information content (AvgIpc) is 2.74. The smallest absolute Gasteiger partial charge is 0.396 e. The fraction of sp³-hybridized carbons (Fsp3) is 0.846. The molecular formula is C13H21NO3. The Labute approximate surface area is 102 Å². The van der Waals surface area contributed by atoms with Gasteiger partial charge in [0.05, 0.1) is 7.11 Å². The highest BCUT2D eigenvalue weighted by molar-refractivity contribution is 6.32. The van der Waals surface area contributed by atoms with Crippen LogP contribution >= 0.6 is 0 Å². The predicted octanol–water partition coefficient (Wildman–Crippen LogP) is 1.49. The summed E-state index contributed by atoms with van der Waals surface area (Å²) in [4.78, 5) is 22.8. The van der Waals surface area contributed by atoms with Crippen molar-refractivity contribution >= 4 is 11.9 Å². The van der Waals surface area contributed by atoms with Crippen LogP contribution in [0.2, 0.25) is 0 Å². The number of esters is 1. The van der Waals surface area contributed by atoms with Crippen molar-refractivity contribution in [2.24, 2.45) is 16.7 Å². The maximum Gasteiger partial charge on any atom is 0.396 e.